The predicted octanol–water partition coefficient (Wildman–Crippen LogP) is 2.69. The van der Waals surface area contributed by atoms with E-state index in [4.69, 9.17) is 0 Å². The number of fused-ring (bicyclic) bond motifs is 1. The number of nitrogens with one attached hydrogen (secondary N) is 1. The van der Waals surface area contributed by atoms with Crippen molar-refractivity contribution in [2.45, 2.75) is 19.6 Å². The van der Waals surface area contributed by atoms with Crippen LogP contribution in [0.15, 0.2) is 60.8 Å². The molecule has 1 heterocycles. The molecule has 1 amide bonds. The molecule has 0 bridgehead atoms. The van der Waals surface area contributed by atoms with Crippen LogP contribution in [0.1, 0.15) is 28.9 Å². The summed E-state index contributed by atoms with van der Waals surface area (Å²) < 4.78 is 1.76. The smallest absolute Gasteiger partial charge is 0.240 e. The number of carbonyl (C=O) groups excluding carboxylic acids is 2. The molecule has 1 aromatic heterocycles. The van der Waals surface area contributed by atoms with Gasteiger partial charge in [-0.05, 0) is 18.6 Å². The highest BCUT2D eigenvalue weighted by Gasteiger charge is 2.14. The molecule has 5 heteroatoms. The molecule has 2 N–H and O–H groups in total. The van der Waals surface area contributed by atoms with Gasteiger partial charge in [-0.25, -0.2) is 0 Å². The highest BCUT2D eigenvalue weighted by atomic mass is 16.3. The van der Waals surface area contributed by atoms with Crippen molar-refractivity contribution in [1.29, 1.82) is 0 Å². The van der Waals surface area contributed by atoms with Gasteiger partial charge in [-0.2, -0.15) is 0 Å². The Morgan fingerprint density at radius 3 is 2.48 bits per heavy atom. The van der Waals surface area contributed by atoms with E-state index in [-0.39, 0.29) is 24.8 Å². The molecular weight excluding hydrogens is 316 g/mol. The van der Waals surface area contributed by atoms with E-state index >= 15 is 0 Å². The molecule has 5 nitrogen and oxygen atoms in total. The van der Waals surface area contributed by atoms with Gasteiger partial charge in [0.25, 0.3) is 0 Å². The Labute approximate surface area is 145 Å². The van der Waals surface area contributed by atoms with Crippen molar-refractivity contribution in [3.8, 4) is 0 Å². The molecule has 0 aliphatic heterocycles. The number of hydrogen-bond donors (Lipinski definition) is 2. The van der Waals surface area contributed by atoms with E-state index < -0.39 is 6.10 Å². The van der Waals surface area contributed by atoms with Crippen LogP contribution >= 0.6 is 0 Å². The van der Waals surface area contributed by atoms with Gasteiger partial charge in [-0.15, -0.1) is 0 Å². The third kappa shape index (κ3) is 3.78. The number of benzene rings is 2. The normalized spacial score (nSPS) is 12.1. The van der Waals surface area contributed by atoms with Crippen LogP contribution in [0, 0.1) is 0 Å². The van der Waals surface area contributed by atoms with Crippen LogP contribution in [0.2, 0.25) is 0 Å². The van der Waals surface area contributed by atoms with E-state index in [1.807, 2.05) is 54.6 Å². The summed E-state index contributed by atoms with van der Waals surface area (Å²) in [6.07, 6.45) is 0.958. The van der Waals surface area contributed by atoms with Gasteiger partial charge in [-0.3, -0.25) is 9.59 Å². The third-order valence-corrected chi connectivity index (χ3v) is 4.16. The molecule has 2 aromatic carbocycles. The monoisotopic (exact) mass is 336 g/mol. The van der Waals surface area contributed by atoms with Crippen LogP contribution in [-0.4, -0.2) is 27.9 Å². The van der Waals surface area contributed by atoms with Crippen molar-refractivity contribution in [2.24, 2.45) is 0 Å². The van der Waals surface area contributed by atoms with Crippen molar-refractivity contribution in [3.05, 3.63) is 71.9 Å². The zero-order chi connectivity index (χ0) is 17.8. The number of aliphatic hydroxyl groups excluding tert-OH is 1. The van der Waals surface area contributed by atoms with Gasteiger partial charge in [0.2, 0.25) is 5.91 Å². The summed E-state index contributed by atoms with van der Waals surface area (Å²) in [5.41, 5.74) is 2.20. The molecular formula is C20H20N2O3. The minimum Gasteiger partial charge on any atom is -0.387 e. The summed E-state index contributed by atoms with van der Waals surface area (Å²) in [6, 6.07) is 16.7. The fourth-order valence-corrected chi connectivity index (χ4v) is 2.87. The second-order valence-electron chi connectivity index (χ2n) is 5.97. The first-order valence-electron chi connectivity index (χ1n) is 8.15. The molecule has 3 rings (SSSR count). The summed E-state index contributed by atoms with van der Waals surface area (Å²) in [5.74, 6) is -0.249. The second-order valence-corrected chi connectivity index (χ2v) is 5.97. The van der Waals surface area contributed by atoms with E-state index in [1.54, 1.807) is 10.8 Å². The van der Waals surface area contributed by atoms with Gasteiger partial charge >= 0.3 is 0 Å². The lowest BCUT2D eigenvalue weighted by molar-refractivity contribution is -0.122. The molecule has 0 fully saturated rings. The van der Waals surface area contributed by atoms with E-state index in [0.717, 1.165) is 16.5 Å². The first kappa shape index (κ1) is 16.9. The first-order valence-corrected chi connectivity index (χ1v) is 8.15. The van der Waals surface area contributed by atoms with Crippen molar-refractivity contribution in [2.75, 3.05) is 6.54 Å². The minimum absolute atomic E-state index is 0.0325. The largest absolute Gasteiger partial charge is 0.387 e. The van der Waals surface area contributed by atoms with Gasteiger partial charge in [0.15, 0.2) is 5.78 Å². The van der Waals surface area contributed by atoms with Crippen LogP contribution in [-0.2, 0) is 11.3 Å². The first-order chi connectivity index (χ1) is 12.1. The molecule has 25 heavy (non-hydrogen) atoms. The lowest BCUT2D eigenvalue weighted by atomic mass is 10.1. The molecule has 0 spiro atoms. The Kier molecular flexibility index (Phi) is 4.95. The van der Waals surface area contributed by atoms with Crippen LogP contribution in [0.4, 0.5) is 0 Å². The number of hydrogen-bond acceptors (Lipinski definition) is 3. The molecule has 1 atom stereocenters. The number of aromatic nitrogens is 1. The lowest BCUT2D eigenvalue weighted by Gasteiger charge is -2.12. The van der Waals surface area contributed by atoms with Crippen molar-refractivity contribution in [3.63, 3.8) is 0 Å². The summed E-state index contributed by atoms with van der Waals surface area (Å²) in [7, 11) is 0. The summed E-state index contributed by atoms with van der Waals surface area (Å²) >= 11 is 0. The maximum Gasteiger partial charge on any atom is 0.240 e. The van der Waals surface area contributed by atoms with Crippen molar-refractivity contribution in [1.82, 2.24) is 9.88 Å². The zero-order valence-electron chi connectivity index (χ0n) is 14.0. The number of rotatable bonds is 6. The molecule has 128 valence electrons. The topological polar surface area (TPSA) is 71.3 Å². The highest BCUT2D eigenvalue weighted by molar-refractivity contribution is 6.07. The molecule has 0 saturated heterocycles. The SMILES string of the molecule is CC(=O)c1cn(CC(=O)NCC(O)c2ccccc2)c2ccccc12. The Morgan fingerprint density at radius 2 is 1.76 bits per heavy atom. The van der Waals surface area contributed by atoms with E-state index in [1.165, 1.54) is 6.92 Å². The van der Waals surface area contributed by atoms with Crippen molar-refractivity contribution < 1.29 is 14.7 Å². The standard InChI is InChI=1S/C20H20N2O3/c1-14(23)17-12-22(18-10-6-5-9-16(17)18)13-20(25)21-11-19(24)15-7-3-2-4-8-15/h2-10,12,19,24H,11,13H2,1H3,(H,21,25). The third-order valence-electron chi connectivity index (χ3n) is 4.16. The number of carbonyl (C=O) groups is 2. The van der Waals surface area contributed by atoms with Gasteiger partial charge in [0, 0.05) is 29.2 Å². The van der Waals surface area contributed by atoms with E-state index in [9.17, 15) is 14.7 Å². The maximum absolute atomic E-state index is 12.2. The Hall–Kier alpha value is -2.92. The number of amides is 1. The van der Waals surface area contributed by atoms with Crippen molar-refractivity contribution >= 4 is 22.6 Å². The molecule has 3 aromatic rings. The summed E-state index contributed by atoms with van der Waals surface area (Å²) in [5, 5.41) is 13.7. The molecule has 0 radical (unpaired) electrons. The fraction of sp³-hybridized carbons (Fsp3) is 0.200. The Morgan fingerprint density at radius 1 is 1.08 bits per heavy atom. The number of Topliss-reactive ketones (excluding diaryl/α,β-unsaturated/α-hetero) is 1. The molecule has 1 unspecified atom stereocenters. The van der Waals surface area contributed by atoms with Crippen LogP contribution in [0.3, 0.4) is 0 Å². The predicted molar refractivity (Wildman–Crippen MR) is 96.4 cm³/mol. The average molecular weight is 336 g/mol. The van der Waals surface area contributed by atoms with Crippen LogP contribution in [0.25, 0.3) is 10.9 Å². The minimum atomic E-state index is -0.751. The molecule has 0 aliphatic carbocycles. The van der Waals surface area contributed by atoms with E-state index in [2.05, 4.69) is 5.32 Å². The van der Waals surface area contributed by atoms with Gasteiger partial charge in [-0.1, -0.05) is 48.5 Å². The maximum atomic E-state index is 12.2. The fourth-order valence-electron chi connectivity index (χ4n) is 2.87. The number of nitrogens with zero attached hydrogens (tertiary/aromatic N) is 1. The number of aliphatic hydroxyl groups is 1. The summed E-state index contributed by atoms with van der Waals surface area (Å²) in [6.45, 7) is 1.75. The highest BCUT2D eigenvalue weighted by Crippen LogP contribution is 2.21. The second kappa shape index (κ2) is 7.32. The Bertz CT molecular complexity index is 900. The van der Waals surface area contributed by atoms with Crippen LogP contribution < -0.4 is 5.32 Å². The zero-order valence-corrected chi connectivity index (χ0v) is 14.0. The molecule has 0 aliphatic rings. The Balaban J connectivity index is 1.69. The van der Waals surface area contributed by atoms with Crippen LogP contribution in [0.5, 0.6) is 0 Å². The average Bonchev–Trinajstić information content (AvgIpc) is 2.99. The van der Waals surface area contributed by atoms with Gasteiger partial charge in [0.1, 0.15) is 6.54 Å². The number of para-hydroxylation sites is 1. The lowest BCUT2D eigenvalue weighted by Crippen LogP contribution is -2.31. The number of ketones is 1. The van der Waals surface area contributed by atoms with Gasteiger partial charge < -0.3 is 15.0 Å². The summed E-state index contributed by atoms with van der Waals surface area (Å²) in [4.78, 5) is 24.0. The molecule has 0 saturated carbocycles. The van der Waals surface area contributed by atoms with Gasteiger partial charge in [0.05, 0.1) is 6.10 Å². The van der Waals surface area contributed by atoms with E-state index in [0.29, 0.717) is 5.56 Å². The quantitative estimate of drug-likeness (QED) is 0.680.